The Bertz CT molecular complexity index is 777. The lowest BCUT2D eigenvalue weighted by Gasteiger charge is -2.13. The summed E-state index contributed by atoms with van der Waals surface area (Å²) < 4.78 is 1.65. The fraction of sp³-hybridized carbons (Fsp3) is 0.267. The van der Waals surface area contributed by atoms with E-state index in [0.717, 1.165) is 17.1 Å². The van der Waals surface area contributed by atoms with E-state index in [1.165, 1.54) is 11.9 Å². The molecule has 3 aromatic rings. The summed E-state index contributed by atoms with van der Waals surface area (Å²) in [5, 5.41) is 7.96. The molecule has 0 unspecified atom stereocenters. The van der Waals surface area contributed by atoms with Crippen LogP contribution in [0.1, 0.15) is 30.9 Å². The lowest BCUT2D eigenvalue weighted by Crippen LogP contribution is -2.05. The first kappa shape index (κ1) is 13.8. The fourth-order valence-corrected chi connectivity index (χ4v) is 2.30. The third kappa shape index (κ3) is 2.56. The van der Waals surface area contributed by atoms with Gasteiger partial charge < -0.3 is 5.32 Å². The van der Waals surface area contributed by atoms with Crippen molar-refractivity contribution in [1.29, 1.82) is 0 Å². The number of fused-ring (bicyclic) bond motifs is 1. The maximum absolute atomic E-state index is 6.15. The molecule has 1 N–H and O–H groups in total. The van der Waals surface area contributed by atoms with Crippen LogP contribution in [0.15, 0.2) is 30.6 Å². The van der Waals surface area contributed by atoms with Crippen molar-refractivity contribution in [3.8, 4) is 0 Å². The predicted molar refractivity (Wildman–Crippen MR) is 84.3 cm³/mol. The van der Waals surface area contributed by atoms with Crippen LogP contribution in [0.5, 0.6) is 0 Å². The first-order valence-corrected chi connectivity index (χ1v) is 7.17. The molecule has 5 nitrogen and oxygen atoms in total. The summed E-state index contributed by atoms with van der Waals surface area (Å²) in [6, 6.07) is 8.32. The zero-order chi connectivity index (χ0) is 15.0. The molecule has 0 aliphatic rings. The lowest BCUT2D eigenvalue weighted by atomic mass is 10.0. The number of hydrogen-bond acceptors (Lipinski definition) is 4. The minimum atomic E-state index is 0.428. The molecule has 1 aromatic carbocycles. The highest BCUT2D eigenvalue weighted by atomic mass is 35.5. The average Bonchev–Trinajstić information content (AvgIpc) is 2.92. The molecule has 2 aromatic heterocycles. The second-order valence-corrected chi connectivity index (χ2v) is 5.61. The Morgan fingerprint density at radius 3 is 2.57 bits per heavy atom. The monoisotopic (exact) mass is 301 g/mol. The van der Waals surface area contributed by atoms with Gasteiger partial charge in [0.1, 0.15) is 17.3 Å². The summed E-state index contributed by atoms with van der Waals surface area (Å²) in [7, 11) is 0. The summed E-state index contributed by atoms with van der Waals surface area (Å²) in [5.74, 6) is 1.77. The third-order valence-corrected chi connectivity index (χ3v) is 3.81. The fourth-order valence-electron chi connectivity index (χ4n) is 2.13. The molecule has 0 fully saturated rings. The van der Waals surface area contributed by atoms with Crippen LogP contribution in [0.2, 0.25) is 5.15 Å². The second-order valence-electron chi connectivity index (χ2n) is 5.25. The molecular weight excluding hydrogens is 286 g/mol. The second kappa shape index (κ2) is 5.33. The third-order valence-electron chi connectivity index (χ3n) is 3.44. The highest BCUT2D eigenvalue weighted by molar-refractivity contribution is 6.30. The van der Waals surface area contributed by atoms with Crippen molar-refractivity contribution in [3.63, 3.8) is 0 Å². The van der Waals surface area contributed by atoms with Crippen molar-refractivity contribution >= 4 is 28.9 Å². The molecule has 2 heterocycles. The number of halogens is 1. The lowest BCUT2D eigenvalue weighted by molar-refractivity contribution is 0.867. The first-order valence-electron chi connectivity index (χ1n) is 6.79. The van der Waals surface area contributed by atoms with Crippen LogP contribution < -0.4 is 5.32 Å². The standard InChI is InChI=1S/C15H16ClN5/c1-9(2)11-4-6-12(7-5-11)19-14-10(3)13(16)20-15-17-8-18-21(14)15/h4-9,19H,1-3H3. The van der Waals surface area contributed by atoms with Gasteiger partial charge in [0.05, 0.1) is 0 Å². The number of benzene rings is 1. The van der Waals surface area contributed by atoms with Gasteiger partial charge in [-0.3, -0.25) is 0 Å². The average molecular weight is 302 g/mol. The zero-order valence-corrected chi connectivity index (χ0v) is 12.9. The minimum Gasteiger partial charge on any atom is -0.340 e. The topological polar surface area (TPSA) is 55.1 Å². The Morgan fingerprint density at radius 2 is 1.90 bits per heavy atom. The van der Waals surface area contributed by atoms with Crippen LogP contribution in [0.25, 0.3) is 5.78 Å². The Kier molecular flexibility index (Phi) is 3.51. The van der Waals surface area contributed by atoms with Crippen LogP contribution >= 0.6 is 11.6 Å². The number of rotatable bonds is 3. The minimum absolute atomic E-state index is 0.428. The van der Waals surface area contributed by atoms with E-state index in [1.54, 1.807) is 4.52 Å². The van der Waals surface area contributed by atoms with Gasteiger partial charge in [0.15, 0.2) is 0 Å². The molecule has 0 saturated carbocycles. The van der Waals surface area contributed by atoms with Crippen molar-refractivity contribution in [2.45, 2.75) is 26.7 Å². The summed E-state index contributed by atoms with van der Waals surface area (Å²) >= 11 is 6.15. The molecule has 0 atom stereocenters. The van der Waals surface area contributed by atoms with Gasteiger partial charge in [-0.25, -0.2) is 0 Å². The quantitative estimate of drug-likeness (QED) is 0.744. The SMILES string of the molecule is Cc1c(Cl)nc2ncnn2c1Nc1ccc(C(C)C)cc1. The number of hydrogen-bond donors (Lipinski definition) is 1. The Hall–Kier alpha value is -2.14. The van der Waals surface area contributed by atoms with Crippen LogP contribution in [0.3, 0.4) is 0 Å². The van der Waals surface area contributed by atoms with E-state index >= 15 is 0 Å². The van der Waals surface area contributed by atoms with Gasteiger partial charge in [-0.1, -0.05) is 37.6 Å². The van der Waals surface area contributed by atoms with E-state index < -0.39 is 0 Å². The maximum atomic E-state index is 6.15. The Balaban J connectivity index is 2.01. The molecule has 0 spiro atoms. The van der Waals surface area contributed by atoms with E-state index in [-0.39, 0.29) is 0 Å². The van der Waals surface area contributed by atoms with Gasteiger partial charge in [-0.2, -0.15) is 19.6 Å². The maximum Gasteiger partial charge on any atom is 0.255 e. The zero-order valence-electron chi connectivity index (χ0n) is 12.1. The van der Waals surface area contributed by atoms with Crippen molar-refractivity contribution in [2.24, 2.45) is 0 Å². The number of aromatic nitrogens is 4. The normalized spacial score (nSPS) is 11.3. The van der Waals surface area contributed by atoms with Crippen LogP contribution in [0.4, 0.5) is 11.5 Å². The van der Waals surface area contributed by atoms with E-state index in [1.807, 2.05) is 19.1 Å². The van der Waals surface area contributed by atoms with Gasteiger partial charge in [-0.15, -0.1) is 0 Å². The van der Waals surface area contributed by atoms with Gasteiger partial charge >= 0.3 is 0 Å². The molecule has 3 rings (SSSR count). The molecule has 108 valence electrons. The van der Waals surface area contributed by atoms with Gasteiger partial charge in [0.25, 0.3) is 5.78 Å². The van der Waals surface area contributed by atoms with E-state index in [2.05, 4.69) is 46.4 Å². The molecule has 0 aliphatic carbocycles. The first-order chi connectivity index (χ1) is 10.1. The predicted octanol–water partition coefficient (Wildman–Crippen LogP) is 3.95. The molecular formula is C15H16ClN5. The summed E-state index contributed by atoms with van der Waals surface area (Å²) in [5.41, 5.74) is 3.11. The van der Waals surface area contributed by atoms with Gasteiger partial charge in [0.2, 0.25) is 0 Å². The van der Waals surface area contributed by atoms with E-state index in [4.69, 9.17) is 11.6 Å². The molecule has 21 heavy (non-hydrogen) atoms. The highest BCUT2D eigenvalue weighted by Gasteiger charge is 2.12. The van der Waals surface area contributed by atoms with Crippen molar-refractivity contribution in [2.75, 3.05) is 5.32 Å². The summed E-state index contributed by atoms with van der Waals surface area (Å²) in [6.45, 7) is 6.25. The molecule has 0 aliphatic heterocycles. The van der Waals surface area contributed by atoms with Crippen molar-refractivity contribution in [1.82, 2.24) is 19.6 Å². The van der Waals surface area contributed by atoms with Crippen LogP contribution in [-0.2, 0) is 0 Å². The number of nitrogens with one attached hydrogen (secondary N) is 1. The van der Waals surface area contributed by atoms with E-state index in [0.29, 0.717) is 16.8 Å². The summed E-state index contributed by atoms with van der Waals surface area (Å²) in [4.78, 5) is 8.27. The molecule has 0 amide bonds. The van der Waals surface area contributed by atoms with Gasteiger partial charge in [-0.05, 0) is 30.5 Å². The number of anilines is 2. The molecule has 0 bridgehead atoms. The smallest absolute Gasteiger partial charge is 0.255 e. The van der Waals surface area contributed by atoms with Crippen molar-refractivity contribution in [3.05, 3.63) is 46.9 Å². The van der Waals surface area contributed by atoms with E-state index in [9.17, 15) is 0 Å². The summed E-state index contributed by atoms with van der Waals surface area (Å²) in [6.07, 6.45) is 1.46. The Morgan fingerprint density at radius 1 is 1.19 bits per heavy atom. The molecule has 0 radical (unpaired) electrons. The molecule has 0 saturated heterocycles. The molecule has 6 heteroatoms. The largest absolute Gasteiger partial charge is 0.340 e. The number of nitrogens with zero attached hydrogens (tertiary/aromatic N) is 4. The van der Waals surface area contributed by atoms with Crippen molar-refractivity contribution < 1.29 is 0 Å². The van der Waals surface area contributed by atoms with Crippen LogP contribution in [-0.4, -0.2) is 19.6 Å². The Labute approximate surface area is 128 Å². The highest BCUT2D eigenvalue weighted by Crippen LogP contribution is 2.26. The van der Waals surface area contributed by atoms with Crippen LogP contribution in [0, 0.1) is 6.92 Å². The van der Waals surface area contributed by atoms with Gasteiger partial charge in [0, 0.05) is 11.3 Å².